The van der Waals surface area contributed by atoms with Gasteiger partial charge in [-0.25, -0.2) is 4.98 Å². The number of benzene rings is 1. The number of Topliss-reactive ketones (excluding diaryl/α,β-unsaturated/α-hetero) is 2. The Labute approximate surface area is 208 Å². The van der Waals surface area contributed by atoms with E-state index in [-0.39, 0.29) is 29.5 Å². The second-order valence-corrected chi connectivity index (χ2v) is 8.51. The van der Waals surface area contributed by atoms with Gasteiger partial charge in [0.25, 0.3) is 0 Å². The largest absolute Gasteiger partial charge is 0.511 e. The summed E-state index contributed by atoms with van der Waals surface area (Å²) >= 11 is 0. The standard InChI is InChI=1S/C26H27N5O5/c1-4-6-22-23(34)20(16(2)32)12-13-26(22,17(3)33)35-15-18-8-10-19(11-9-18)36-25-21(7-5-14-27-25)24-28-30-31-29-24/h5,7-14,22,34H,4,6,15H2,1-3H3,(H,28,29,30,31). The van der Waals surface area contributed by atoms with Crippen LogP contribution in [-0.2, 0) is 20.9 Å². The molecule has 4 rings (SSSR count). The molecule has 0 fully saturated rings. The first-order valence-electron chi connectivity index (χ1n) is 11.6. The Kier molecular flexibility index (Phi) is 7.35. The van der Waals surface area contributed by atoms with E-state index in [2.05, 4.69) is 25.6 Å². The van der Waals surface area contributed by atoms with Gasteiger partial charge in [0.1, 0.15) is 11.5 Å². The molecule has 0 bridgehead atoms. The van der Waals surface area contributed by atoms with Crippen LogP contribution in [0, 0.1) is 5.92 Å². The molecule has 0 aliphatic heterocycles. The van der Waals surface area contributed by atoms with E-state index < -0.39 is 11.5 Å². The van der Waals surface area contributed by atoms with E-state index >= 15 is 0 Å². The summed E-state index contributed by atoms with van der Waals surface area (Å²) in [5, 5.41) is 24.7. The first kappa shape index (κ1) is 24.9. The van der Waals surface area contributed by atoms with Crippen LogP contribution in [0.2, 0.25) is 0 Å². The number of aromatic amines is 1. The van der Waals surface area contributed by atoms with Gasteiger partial charge in [0.15, 0.2) is 17.2 Å². The number of nitrogens with one attached hydrogen (secondary N) is 1. The van der Waals surface area contributed by atoms with E-state index in [4.69, 9.17) is 9.47 Å². The molecule has 1 aromatic carbocycles. The second-order valence-electron chi connectivity index (χ2n) is 8.51. The number of ketones is 2. The molecule has 186 valence electrons. The summed E-state index contributed by atoms with van der Waals surface area (Å²) in [5.74, 6) is -0.000389. The number of hydrogen-bond acceptors (Lipinski definition) is 9. The Balaban J connectivity index is 1.51. The minimum absolute atomic E-state index is 0.0986. The fraction of sp³-hybridized carbons (Fsp3) is 0.308. The predicted molar refractivity (Wildman–Crippen MR) is 130 cm³/mol. The molecule has 1 aliphatic rings. The zero-order valence-corrected chi connectivity index (χ0v) is 20.3. The lowest BCUT2D eigenvalue weighted by molar-refractivity contribution is -0.145. The lowest BCUT2D eigenvalue weighted by Gasteiger charge is -2.38. The minimum atomic E-state index is -1.36. The molecule has 2 heterocycles. The van der Waals surface area contributed by atoms with Crippen LogP contribution in [0.15, 0.2) is 66.1 Å². The molecule has 36 heavy (non-hydrogen) atoms. The van der Waals surface area contributed by atoms with Crippen LogP contribution >= 0.6 is 0 Å². The Hall–Kier alpha value is -4.18. The number of carbonyl (C=O) groups is 2. The minimum Gasteiger partial charge on any atom is -0.511 e. The molecule has 10 nitrogen and oxygen atoms in total. The van der Waals surface area contributed by atoms with E-state index in [1.54, 1.807) is 36.5 Å². The third-order valence-corrected chi connectivity index (χ3v) is 6.10. The molecule has 0 spiro atoms. The predicted octanol–water partition coefficient (Wildman–Crippen LogP) is 4.29. The monoisotopic (exact) mass is 489 g/mol. The summed E-state index contributed by atoms with van der Waals surface area (Å²) in [4.78, 5) is 29.0. The molecule has 0 saturated carbocycles. The van der Waals surface area contributed by atoms with Crippen molar-refractivity contribution in [2.75, 3.05) is 0 Å². The number of nitrogens with zero attached hydrogens (tertiary/aromatic N) is 4. The number of H-pyrrole nitrogens is 1. The fourth-order valence-corrected chi connectivity index (χ4v) is 4.24. The highest BCUT2D eigenvalue weighted by Crippen LogP contribution is 2.40. The number of carbonyl (C=O) groups excluding carboxylic acids is 2. The molecule has 3 aromatic rings. The highest BCUT2D eigenvalue weighted by atomic mass is 16.5. The Morgan fingerprint density at radius 1 is 1.17 bits per heavy atom. The first-order chi connectivity index (χ1) is 17.4. The van der Waals surface area contributed by atoms with Crippen molar-refractivity contribution in [3.8, 4) is 23.0 Å². The zero-order chi connectivity index (χ0) is 25.7. The molecular weight excluding hydrogens is 462 g/mol. The third-order valence-electron chi connectivity index (χ3n) is 6.10. The van der Waals surface area contributed by atoms with Crippen LogP contribution in [0.3, 0.4) is 0 Å². The van der Waals surface area contributed by atoms with Gasteiger partial charge in [0.05, 0.1) is 23.7 Å². The van der Waals surface area contributed by atoms with Crippen molar-refractivity contribution in [1.29, 1.82) is 0 Å². The van der Waals surface area contributed by atoms with Crippen LogP contribution < -0.4 is 4.74 Å². The lowest BCUT2D eigenvalue weighted by Crippen LogP contribution is -2.48. The maximum atomic E-state index is 12.8. The van der Waals surface area contributed by atoms with E-state index in [1.807, 2.05) is 19.1 Å². The Morgan fingerprint density at radius 2 is 1.94 bits per heavy atom. The van der Waals surface area contributed by atoms with Crippen molar-refractivity contribution < 1.29 is 24.2 Å². The van der Waals surface area contributed by atoms with Crippen LogP contribution in [-0.4, -0.2) is 47.9 Å². The number of aliphatic hydroxyl groups excluding tert-OH is 1. The van der Waals surface area contributed by atoms with Crippen molar-refractivity contribution in [3.05, 3.63) is 71.6 Å². The fourth-order valence-electron chi connectivity index (χ4n) is 4.24. The molecule has 0 saturated heterocycles. The Bertz CT molecular complexity index is 1300. The number of allylic oxidation sites excluding steroid dienone is 2. The van der Waals surface area contributed by atoms with Gasteiger partial charge in [-0.3, -0.25) is 9.59 Å². The van der Waals surface area contributed by atoms with Crippen LogP contribution in [0.1, 0.15) is 39.2 Å². The first-order valence-corrected chi connectivity index (χ1v) is 11.6. The zero-order valence-electron chi connectivity index (χ0n) is 20.3. The summed E-state index contributed by atoms with van der Waals surface area (Å²) < 4.78 is 12.1. The van der Waals surface area contributed by atoms with Gasteiger partial charge in [0, 0.05) is 6.20 Å². The van der Waals surface area contributed by atoms with Crippen molar-refractivity contribution in [2.45, 2.75) is 45.8 Å². The summed E-state index contributed by atoms with van der Waals surface area (Å²) in [5.41, 5.74) is 0.240. The number of ether oxygens (including phenoxy) is 2. The quantitative estimate of drug-likeness (QED) is 0.427. The van der Waals surface area contributed by atoms with Crippen LogP contribution in [0.25, 0.3) is 11.4 Å². The van der Waals surface area contributed by atoms with E-state index in [9.17, 15) is 14.7 Å². The van der Waals surface area contributed by atoms with E-state index in [1.165, 1.54) is 19.9 Å². The molecule has 1 aliphatic carbocycles. The summed E-state index contributed by atoms with van der Waals surface area (Å²) in [6.07, 6.45) is 5.89. The van der Waals surface area contributed by atoms with Crippen molar-refractivity contribution in [2.24, 2.45) is 5.92 Å². The van der Waals surface area contributed by atoms with Gasteiger partial charge in [-0.05, 0) is 67.5 Å². The molecule has 0 amide bonds. The third kappa shape index (κ3) is 4.94. The average Bonchev–Trinajstić information content (AvgIpc) is 3.40. The van der Waals surface area contributed by atoms with Crippen LogP contribution in [0.5, 0.6) is 11.6 Å². The molecular formula is C26H27N5O5. The highest BCUT2D eigenvalue weighted by molar-refractivity contribution is 5.98. The Morgan fingerprint density at radius 3 is 2.58 bits per heavy atom. The maximum Gasteiger partial charge on any atom is 0.230 e. The van der Waals surface area contributed by atoms with Gasteiger partial charge in [0.2, 0.25) is 11.7 Å². The van der Waals surface area contributed by atoms with Gasteiger partial charge < -0.3 is 14.6 Å². The molecule has 2 unspecified atom stereocenters. The summed E-state index contributed by atoms with van der Waals surface area (Å²) in [6.45, 7) is 4.89. The smallest absolute Gasteiger partial charge is 0.230 e. The molecule has 2 N–H and O–H groups in total. The SMILES string of the molecule is CCCC1C(O)=C(C(C)=O)C=CC1(OCc1ccc(Oc2ncccc2-c2nn[nH]n2)cc1)C(C)=O. The van der Waals surface area contributed by atoms with Crippen molar-refractivity contribution in [3.63, 3.8) is 0 Å². The molecule has 10 heteroatoms. The number of hydrogen-bond donors (Lipinski definition) is 2. The highest BCUT2D eigenvalue weighted by Gasteiger charge is 2.47. The number of aliphatic hydroxyl groups is 1. The number of tetrazole rings is 1. The van der Waals surface area contributed by atoms with E-state index in [0.29, 0.717) is 35.9 Å². The topological polar surface area (TPSA) is 140 Å². The van der Waals surface area contributed by atoms with Crippen LogP contribution in [0.4, 0.5) is 0 Å². The maximum absolute atomic E-state index is 12.8. The second kappa shape index (κ2) is 10.6. The molecule has 2 aromatic heterocycles. The number of pyridine rings is 1. The van der Waals surface area contributed by atoms with Crippen molar-refractivity contribution >= 4 is 11.6 Å². The number of aromatic nitrogens is 5. The van der Waals surface area contributed by atoms with Crippen molar-refractivity contribution in [1.82, 2.24) is 25.6 Å². The van der Waals surface area contributed by atoms with Gasteiger partial charge in [-0.15, -0.1) is 10.2 Å². The summed E-state index contributed by atoms with van der Waals surface area (Å²) in [6, 6.07) is 10.7. The van der Waals surface area contributed by atoms with Gasteiger partial charge >= 0.3 is 0 Å². The molecule has 0 radical (unpaired) electrons. The number of rotatable bonds is 10. The van der Waals surface area contributed by atoms with E-state index in [0.717, 1.165) is 5.56 Å². The van der Waals surface area contributed by atoms with Gasteiger partial charge in [-0.2, -0.15) is 5.21 Å². The molecule has 2 atom stereocenters. The van der Waals surface area contributed by atoms with Gasteiger partial charge in [-0.1, -0.05) is 25.5 Å². The average molecular weight is 490 g/mol. The normalized spacial score (nSPS) is 19.4. The lowest BCUT2D eigenvalue weighted by atomic mass is 9.74. The summed E-state index contributed by atoms with van der Waals surface area (Å²) in [7, 11) is 0.